The van der Waals surface area contributed by atoms with Crippen molar-refractivity contribution in [2.24, 2.45) is 0 Å². The first-order valence-corrected chi connectivity index (χ1v) is 7.60. The second-order valence-corrected chi connectivity index (χ2v) is 6.28. The largest absolute Gasteiger partial charge is 0.456 e. The molecule has 1 aliphatic rings. The highest BCUT2D eigenvalue weighted by atomic mass is 16.5. The third kappa shape index (κ3) is 3.21. The van der Waals surface area contributed by atoms with E-state index in [1.807, 2.05) is 25.1 Å². The molecule has 0 saturated heterocycles. The SMILES string of the molecule is C[C@@H](C[NH+](C)C)OC(=O)C1(c2ccccc2)CCCC1. The van der Waals surface area contributed by atoms with Gasteiger partial charge in [-0.15, -0.1) is 0 Å². The molecule has 2 rings (SSSR count). The molecule has 0 spiro atoms. The number of ether oxygens (including phenoxy) is 1. The Morgan fingerprint density at radius 2 is 1.85 bits per heavy atom. The molecule has 0 heterocycles. The van der Waals surface area contributed by atoms with Crippen LogP contribution in [0, 0.1) is 0 Å². The van der Waals surface area contributed by atoms with Gasteiger partial charge >= 0.3 is 5.97 Å². The summed E-state index contributed by atoms with van der Waals surface area (Å²) in [6.45, 7) is 2.83. The maximum Gasteiger partial charge on any atom is 0.317 e. The van der Waals surface area contributed by atoms with E-state index in [9.17, 15) is 4.79 Å². The van der Waals surface area contributed by atoms with Crippen LogP contribution >= 0.6 is 0 Å². The van der Waals surface area contributed by atoms with Crippen LogP contribution in [-0.4, -0.2) is 32.7 Å². The lowest BCUT2D eigenvalue weighted by Crippen LogP contribution is -3.07. The Hall–Kier alpha value is -1.35. The zero-order valence-corrected chi connectivity index (χ0v) is 12.8. The number of hydrogen-bond acceptors (Lipinski definition) is 2. The highest BCUT2D eigenvalue weighted by Crippen LogP contribution is 2.42. The third-order valence-electron chi connectivity index (χ3n) is 4.18. The summed E-state index contributed by atoms with van der Waals surface area (Å²) in [6.07, 6.45) is 4.01. The zero-order chi connectivity index (χ0) is 14.6. The lowest BCUT2D eigenvalue weighted by atomic mass is 9.79. The van der Waals surface area contributed by atoms with Crippen molar-refractivity contribution in [3.63, 3.8) is 0 Å². The standard InChI is InChI=1S/C17H25NO2/c1-14(13-18(2)3)20-16(19)17(11-7-8-12-17)15-9-5-4-6-10-15/h4-6,9-10,14H,7-8,11-13H2,1-3H3/p+1/t14-/m0/s1. The molecule has 1 N–H and O–H groups in total. The first-order chi connectivity index (χ1) is 9.54. The van der Waals surface area contributed by atoms with Gasteiger partial charge in [-0.25, -0.2) is 0 Å². The van der Waals surface area contributed by atoms with E-state index in [1.165, 1.54) is 4.90 Å². The van der Waals surface area contributed by atoms with E-state index in [0.29, 0.717) is 0 Å². The van der Waals surface area contributed by atoms with Gasteiger partial charge in [0, 0.05) is 0 Å². The summed E-state index contributed by atoms with van der Waals surface area (Å²) in [7, 11) is 4.15. The van der Waals surface area contributed by atoms with Crippen molar-refractivity contribution in [3.05, 3.63) is 35.9 Å². The van der Waals surface area contributed by atoms with Crippen LogP contribution in [-0.2, 0) is 14.9 Å². The number of esters is 1. The molecule has 1 saturated carbocycles. The van der Waals surface area contributed by atoms with Gasteiger partial charge in [-0.2, -0.15) is 0 Å². The van der Waals surface area contributed by atoms with Crippen LogP contribution in [0.25, 0.3) is 0 Å². The highest BCUT2D eigenvalue weighted by molar-refractivity contribution is 5.83. The second kappa shape index (κ2) is 6.40. The number of benzene rings is 1. The van der Waals surface area contributed by atoms with Crippen molar-refractivity contribution in [2.75, 3.05) is 20.6 Å². The maximum absolute atomic E-state index is 12.7. The molecule has 3 heteroatoms. The fourth-order valence-corrected chi connectivity index (χ4v) is 3.26. The van der Waals surface area contributed by atoms with Crippen molar-refractivity contribution < 1.29 is 14.4 Å². The molecular weight excluding hydrogens is 250 g/mol. The minimum absolute atomic E-state index is 0.0325. The van der Waals surface area contributed by atoms with Crippen LogP contribution in [0.3, 0.4) is 0 Å². The molecule has 1 atom stereocenters. The Kier molecular flexibility index (Phi) is 4.81. The topological polar surface area (TPSA) is 30.7 Å². The van der Waals surface area contributed by atoms with Crippen LogP contribution in [0.15, 0.2) is 30.3 Å². The third-order valence-corrected chi connectivity index (χ3v) is 4.18. The first kappa shape index (κ1) is 15.0. The summed E-state index contributed by atoms with van der Waals surface area (Å²) in [5, 5.41) is 0. The molecule has 1 fully saturated rings. The molecular formula is C17H26NO2+. The van der Waals surface area contributed by atoms with Crippen molar-refractivity contribution in [2.45, 2.75) is 44.1 Å². The number of quaternary nitrogens is 1. The van der Waals surface area contributed by atoms with Crippen LogP contribution in [0.1, 0.15) is 38.2 Å². The number of rotatable bonds is 5. The average molecular weight is 276 g/mol. The van der Waals surface area contributed by atoms with E-state index in [-0.39, 0.29) is 12.1 Å². The van der Waals surface area contributed by atoms with Crippen LogP contribution in [0.2, 0.25) is 0 Å². The summed E-state index contributed by atoms with van der Waals surface area (Å²) in [4.78, 5) is 14.0. The second-order valence-electron chi connectivity index (χ2n) is 6.28. The van der Waals surface area contributed by atoms with E-state index in [4.69, 9.17) is 4.74 Å². The molecule has 0 bridgehead atoms. The number of nitrogens with one attached hydrogen (secondary N) is 1. The molecule has 3 nitrogen and oxygen atoms in total. The predicted molar refractivity (Wildman–Crippen MR) is 79.8 cm³/mol. The molecule has 1 aromatic carbocycles. The van der Waals surface area contributed by atoms with Crippen LogP contribution < -0.4 is 4.90 Å². The summed E-state index contributed by atoms with van der Waals surface area (Å²) in [5.74, 6) is -0.0325. The predicted octanol–water partition coefficient (Wildman–Crippen LogP) is 1.57. The summed E-state index contributed by atoms with van der Waals surface area (Å²) in [6, 6.07) is 10.1. The Bertz CT molecular complexity index is 436. The van der Waals surface area contributed by atoms with Gasteiger partial charge in [0.15, 0.2) is 0 Å². The number of carbonyl (C=O) groups is 1. The van der Waals surface area contributed by atoms with Gasteiger partial charge < -0.3 is 9.64 Å². The Balaban J connectivity index is 2.15. The van der Waals surface area contributed by atoms with Crippen molar-refractivity contribution in [1.82, 2.24) is 0 Å². The Morgan fingerprint density at radius 3 is 2.40 bits per heavy atom. The number of hydrogen-bond donors (Lipinski definition) is 1. The van der Waals surface area contributed by atoms with Crippen LogP contribution in [0.5, 0.6) is 0 Å². The Labute approximate surface area is 121 Å². The van der Waals surface area contributed by atoms with E-state index in [2.05, 4.69) is 26.2 Å². The van der Waals surface area contributed by atoms with E-state index in [1.54, 1.807) is 0 Å². The summed E-state index contributed by atoms with van der Waals surface area (Å²) >= 11 is 0. The molecule has 20 heavy (non-hydrogen) atoms. The van der Waals surface area contributed by atoms with Gasteiger partial charge in [0.2, 0.25) is 0 Å². The molecule has 1 aromatic rings. The lowest BCUT2D eigenvalue weighted by Gasteiger charge is -2.29. The smallest absolute Gasteiger partial charge is 0.317 e. The van der Waals surface area contributed by atoms with Gasteiger partial charge in [-0.3, -0.25) is 4.79 Å². The fraction of sp³-hybridized carbons (Fsp3) is 0.588. The minimum atomic E-state index is -0.406. The minimum Gasteiger partial charge on any atom is -0.456 e. The van der Waals surface area contributed by atoms with Gasteiger partial charge in [0.05, 0.1) is 19.5 Å². The van der Waals surface area contributed by atoms with Gasteiger partial charge in [0.25, 0.3) is 0 Å². The Morgan fingerprint density at radius 1 is 1.25 bits per heavy atom. The van der Waals surface area contributed by atoms with Crippen molar-refractivity contribution in [1.29, 1.82) is 0 Å². The van der Waals surface area contributed by atoms with Crippen molar-refractivity contribution >= 4 is 5.97 Å². The van der Waals surface area contributed by atoms with Gasteiger partial charge in [0.1, 0.15) is 12.6 Å². The average Bonchev–Trinajstić information content (AvgIpc) is 2.89. The van der Waals surface area contributed by atoms with Crippen LogP contribution in [0.4, 0.5) is 0 Å². The highest BCUT2D eigenvalue weighted by Gasteiger charge is 2.44. The van der Waals surface area contributed by atoms with Crippen molar-refractivity contribution in [3.8, 4) is 0 Å². The molecule has 110 valence electrons. The molecule has 0 unspecified atom stereocenters. The first-order valence-electron chi connectivity index (χ1n) is 7.60. The lowest BCUT2D eigenvalue weighted by molar-refractivity contribution is -0.861. The van der Waals surface area contributed by atoms with Gasteiger partial charge in [-0.05, 0) is 25.3 Å². The van der Waals surface area contributed by atoms with E-state index in [0.717, 1.165) is 37.8 Å². The summed E-state index contributed by atoms with van der Waals surface area (Å²) < 4.78 is 5.74. The number of carbonyl (C=O) groups excluding carboxylic acids is 1. The molecule has 0 amide bonds. The van der Waals surface area contributed by atoms with Gasteiger partial charge in [-0.1, -0.05) is 43.2 Å². The molecule has 0 radical (unpaired) electrons. The van der Waals surface area contributed by atoms with E-state index >= 15 is 0 Å². The maximum atomic E-state index is 12.7. The van der Waals surface area contributed by atoms with E-state index < -0.39 is 5.41 Å². The fourth-order valence-electron chi connectivity index (χ4n) is 3.26. The number of likely N-dealkylation sites (N-methyl/N-ethyl adjacent to an activating group) is 1. The molecule has 1 aliphatic carbocycles. The quantitative estimate of drug-likeness (QED) is 0.828. The molecule has 0 aromatic heterocycles. The summed E-state index contributed by atoms with van der Waals surface area (Å²) in [5.41, 5.74) is 0.712. The molecule has 0 aliphatic heterocycles. The monoisotopic (exact) mass is 276 g/mol. The zero-order valence-electron chi connectivity index (χ0n) is 12.8. The normalized spacial score (nSPS) is 19.0.